The molecule has 2 heterocycles. The maximum atomic E-state index is 12.3. The number of hydrogen-bond donors (Lipinski definition) is 2. The van der Waals surface area contributed by atoms with Crippen LogP contribution in [0, 0.1) is 0 Å². The van der Waals surface area contributed by atoms with Crippen molar-refractivity contribution < 1.29 is 0 Å². The molecule has 0 unspecified atom stereocenters. The summed E-state index contributed by atoms with van der Waals surface area (Å²) in [6.07, 6.45) is 6.95. The second-order valence-corrected chi connectivity index (χ2v) is 6.13. The van der Waals surface area contributed by atoms with Crippen LogP contribution in [0.3, 0.4) is 0 Å². The zero-order valence-corrected chi connectivity index (χ0v) is 12.1. The fourth-order valence-corrected chi connectivity index (χ4v) is 2.43. The highest BCUT2D eigenvalue weighted by molar-refractivity contribution is 5.31. The van der Waals surface area contributed by atoms with Crippen molar-refractivity contribution in [1.29, 1.82) is 0 Å². The quantitative estimate of drug-likeness (QED) is 0.866. The molecule has 0 spiro atoms. The number of nitrogens with one attached hydrogen (secondary N) is 2. The van der Waals surface area contributed by atoms with Gasteiger partial charge in [-0.05, 0) is 46.6 Å². The highest BCUT2D eigenvalue weighted by Crippen LogP contribution is 2.11. The fourth-order valence-electron chi connectivity index (χ4n) is 2.43. The Morgan fingerprint density at radius 2 is 2.32 bits per heavy atom. The molecule has 5 heteroatoms. The van der Waals surface area contributed by atoms with Gasteiger partial charge in [0, 0.05) is 30.5 Å². The third kappa shape index (κ3) is 3.56. The van der Waals surface area contributed by atoms with Crippen molar-refractivity contribution in [3.8, 4) is 0 Å². The molecule has 0 radical (unpaired) electrons. The van der Waals surface area contributed by atoms with Crippen LogP contribution in [0.1, 0.15) is 40.0 Å². The first-order chi connectivity index (χ1) is 8.98. The lowest BCUT2D eigenvalue weighted by Crippen LogP contribution is -2.35. The molecule has 2 rings (SSSR count). The predicted octanol–water partition coefficient (Wildman–Crippen LogP) is 1.55. The minimum absolute atomic E-state index is 0.0469. The third-order valence-corrected chi connectivity index (χ3v) is 3.51. The Hall–Kier alpha value is -1.36. The van der Waals surface area contributed by atoms with Gasteiger partial charge in [-0.1, -0.05) is 0 Å². The number of anilines is 1. The van der Waals surface area contributed by atoms with E-state index in [2.05, 4.69) is 15.6 Å². The van der Waals surface area contributed by atoms with E-state index < -0.39 is 0 Å². The van der Waals surface area contributed by atoms with Gasteiger partial charge in [0.2, 0.25) is 0 Å². The van der Waals surface area contributed by atoms with E-state index in [4.69, 9.17) is 0 Å². The molecule has 2 N–H and O–H groups in total. The summed E-state index contributed by atoms with van der Waals surface area (Å²) >= 11 is 0. The second kappa shape index (κ2) is 5.74. The van der Waals surface area contributed by atoms with Crippen LogP contribution >= 0.6 is 0 Å². The molecule has 0 aliphatic carbocycles. The fraction of sp³-hybridized carbons (Fsp3) is 0.714. The molecule has 106 valence electrons. The van der Waals surface area contributed by atoms with Gasteiger partial charge < -0.3 is 15.2 Å². The first-order valence-corrected chi connectivity index (χ1v) is 7.04. The molecule has 0 aromatic carbocycles. The van der Waals surface area contributed by atoms with Gasteiger partial charge in [-0.25, -0.2) is 4.98 Å². The molecule has 1 atom stereocenters. The summed E-state index contributed by atoms with van der Waals surface area (Å²) in [5, 5.41) is 6.62. The van der Waals surface area contributed by atoms with Crippen LogP contribution in [0.5, 0.6) is 0 Å². The summed E-state index contributed by atoms with van der Waals surface area (Å²) in [5.41, 5.74) is -0.266. The molecule has 1 saturated heterocycles. The maximum Gasteiger partial charge on any atom is 0.293 e. The summed E-state index contributed by atoms with van der Waals surface area (Å²) in [5.74, 6) is 0.454. The number of nitrogens with zero attached hydrogens (tertiary/aromatic N) is 2. The minimum atomic E-state index is -0.219. The summed E-state index contributed by atoms with van der Waals surface area (Å²) < 4.78 is 1.72. The molecule has 19 heavy (non-hydrogen) atoms. The molecule has 0 saturated carbocycles. The lowest BCUT2D eigenvalue weighted by atomic mass is 10.1. The van der Waals surface area contributed by atoms with E-state index in [1.165, 1.54) is 12.8 Å². The molecule has 1 fully saturated rings. The number of aromatic nitrogens is 2. The van der Waals surface area contributed by atoms with Gasteiger partial charge in [0.05, 0.1) is 0 Å². The predicted molar refractivity (Wildman–Crippen MR) is 77.6 cm³/mol. The van der Waals surface area contributed by atoms with Gasteiger partial charge in [-0.2, -0.15) is 0 Å². The molecule has 1 aromatic rings. The summed E-state index contributed by atoms with van der Waals surface area (Å²) in [4.78, 5) is 16.4. The first-order valence-electron chi connectivity index (χ1n) is 7.04. The van der Waals surface area contributed by atoms with Crippen LogP contribution in [0.15, 0.2) is 17.2 Å². The summed E-state index contributed by atoms with van der Waals surface area (Å²) in [7, 11) is 0. The molecule has 1 aliphatic heterocycles. The topological polar surface area (TPSA) is 59.0 Å². The Morgan fingerprint density at radius 1 is 1.53 bits per heavy atom. The monoisotopic (exact) mass is 264 g/mol. The van der Waals surface area contributed by atoms with Crippen molar-refractivity contribution in [2.75, 3.05) is 18.4 Å². The number of rotatable bonds is 4. The van der Waals surface area contributed by atoms with E-state index in [9.17, 15) is 4.79 Å². The van der Waals surface area contributed by atoms with Crippen molar-refractivity contribution >= 4 is 5.82 Å². The highest BCUT2D eigenvalue weighted by Gasteiger charge is 2.17. The van der Waals surface area contributed by atoms with E-state index in [-0.39, 0.29) is 11.1 Å². The average molecular weight is 264 g/mol. The van der Waals surface area contributed by atoms with Crippen molar-refractivity contribution in [3.05, 3.63) is 22.7 Å². The van der Waals surface area contributed by atoms with Crippen molar-refractivity contribution in [1.82, 2.24) is 14.9 Å². The molecular weight excluding hydrogens is 240 g/mol. The molecule has 1 aromatic heterocycles. The van der Waals surface area contributed by atoms with Gasteiger partial charge in [-0.3, -0.25) is 4.79 Å². The largest absolute Gasteiger partial charge is 0.365 e. The molecule has 0 amide bonds. The Bertz CT molecular complexity index is 469. The lowest BCUT2D eigenvalue weighted by Gasteiger charge is -2.22. The van der Waals surface area contributed by atoms with Crippen molar-refractivity contribution in [2.45, 2.75) is 51.6 Å². The van der Waals surface area contributed by atoms with Crippen molar-refractivity contribution in [3.63, 3.8) is 0 Å². The number of hydrogen-bond acceptors (Lipinski definition) is 4. The van der Waals surface area contributed by atoms with E-state index in [0.717, 1.165) is 19.5 Å². The van der Waals surface area contributed by atoms with E-state index in [1.807, 2.05) is 20.8 Å². The second-order valence-electron chi connectivity index (χ2n) is 6.13. The standard InChI is InChI=1S/C14H24N4O/c1-14(2,3)18-10-9-17-12(13(18)19)16-8-6-11-5-4-7-15-11/h9-11,15H,4-8H2,1-3H3,(H,16,17)/t11-/m1/s1. The van der Waals surface area contributed by atoms with Crippen molar-refractivity contribution in [2.24, 2.45) is 0 Å². The van der Waals surface area contributed by atoms with Crippen LogP contribution in [-0.4, -0.2) is 28.7 Å². The SMILES string of the molecule is CC(C)(C)n1ccnc(NCC[C@H]2CCCN2)c1=O. The van der Waals surface area contributed by atoms with Crippen LogP contribution < -0.4 is 16.2 Å². The Labute approximate surface area is 114 Å². The van der Waals surface area contributed by atoms with Gasteiger partial charge in [0.25, 0.3) is 5.56 Å². The Kier molecular flexibility index (Phi) is 4.24. The lowest BCUT2D eigenvalue weighted by molar-refractivity contribution is 0.383. The smallest absolute Gasteiger partial charge is 0.293 e. The summed E-state index contributed by atoms with van der Waals surface area (Å²) in [6.45, 7) is 7.95. The summed E-state index contributed by atoms with van der Waals surface area (Å²) in [6, 6.07) is 0.584. The Balaban J connectivity index is 1.98. The van der Waals surface area contributed by atoms with Crippen LogP contribution in [0.25, 0.3) is 0 Å². The molecular formula is C14H24N4O. The first kappa shape index (κ1) is 14.1. The zero-order valence-electron chi connectivity index (χ0n) is 12.1. The van der Waals surface area contributed by atoms with Crippen LogP contribution in [-0.2, 0) is 5.54 Å². The van der Waals surface area contributed by atoms with Gasteiger partial charge in [0.1, 0.15) is 0 Å². The third-order valence-electron chi connectivity index (χ3n) is 3.51. The van der Waals surface area contributed by atoms with Gasteiger partial charge in [0.15, 0.2) is 5.82 Å². The molecule has 1 aliphatic rings. The van der Waals surface area contributed by atoms with E-state index in [1.54, 1.807) is 17.0 Å². The van der Waals surface area contributed by atoms with Gasteiger partial charge in [-0.15, -0.1) is 0 Å². The minimum Gasteiger partial charge on any atom is -0.365 e. The van der Waals surface area contributed by atoms with Crippen LogP contribution in [0.2, 0.25) is 0 Å². The maximum absolute atomic E-state index is 12.3. The molecule has 5 nitrogen and oxygen atoms in total. The molecule has 0 bridgehead atoms. The highest BCUT2D eigenvalue weighted by atomic mass is 16.1. The normalized spacial score (nSPS) is 19.6. The Morgan fingerprint density at radius 3 is 2.95 bits per heavy atom. The van der Waals surface area contributed by atoms with E-state index >= 15 is 0 Å². The van der Waals surface area contributed by atoms with Crippen LogP contribution in [0.4, 0.5) is 5.82 Å². The van der Waals surface area contributed by atoms with E-state index in [0.29, 0.717) is 11.9 Å². The zero-order chi connectivity index (χ0) is 13.9. The average Bonchev–Trinajstić information content (AvgIpc) is 2.83. The van der Waals surface area contributed by atoms with Gasteiger partial charge >= 0.3 is 0 Å².